The fourth-order valence-electron chi connectivity index (χ4n) is 2.30. The smallest absolute Gasteiger partial charge is 0.305 e. The number of benzene rings is 2. The number of hydrogen-bond donors (Lipinski definition) is 0. The molecular formula is C16H18O4. The lowest BCUT2D eigenvalue weighted by Crippen LogP contribution is -2.03. The van der Waals surface area contributed by atoms with Gasteiger partial charge in [0.25, 0.3) is 0 Å². The highest BCUT2D eigenvalue weighted by Gasteiger charge is 2.14. The number of hydrogen-bond acceptors (Lipinski definition) is 4. The second-order valence-corrected chi connectivity index (χ2v) is 4.39. The van der Waals surface area contributed by atoms with Gasteiger partial charge in [-0.15, -0.1) is 0 Å². The second kappa shape index (κ2) is 6.28. The van der Waals surface area contributed by atoms with Crippen molar-refractivity contribution in [2.45, 2.75) is 12.8 Å². The molecule has 0 fully saturated rings. The van der Waals surface area contributed by atoms with E-state index in [-0.39, 0.29) is 5.97 Å². The standard InChI is InChI=1S/C16H18O4/c1-18-14-10-11(8-9-15(17)19-2)16(20-3)13-7-5-4-6-12(13)14/h4-7,10H,8-9H2,1-3H3. The highest BCUT2D eigenvalue weighted by molar-refractivity contribution is 5.94. The molecule has 0 saturated heterocycles. The minimum atomic E-state index is -0.237. The fraction of sp³-hybridized carbons (Fsp3) is 0.312. The van der Waals surface area contributed by atoms with Gasteiger partial charge in [0.05, 0.1) is 21.3 Å². The molecule has 0 aliphatic rings. The molecule has 0 radical (unpaired) electrons. The van der Waals surface area contributed by atoms with Crippen molar-refractivity contribution >= 4 is 16.7 Å². The lowest BCUT2D eigenvalue weighted by Gasteiger charge is -2.14. The molecule has 106 valence electrons. The highest BCUT2D eigenvalue weighted by atomic mass is 16.5. The third kappa shape index (κ3) is 2.69. The van der Waals surface area contributed by atoms with Gasteiger partial charge in [-0.05, 0) is 18.1 Å². The van der Waals surface area contributed by atoms with Crippen LogP contribution in [0.2, 0.25) is 0 Å². The summed E-state index contributed by atoms with van der Waals surface area (Å²) in [6.45, 7) is 0. The SMILES string of the molecule is COC(=O)CCc1cc(OC)c2ccccc2c1OC. The molecule has 0 heterocycles. The summed E-state index contributed by atoms with van der Waals surface area (Å²) in [5.74, 6) is 1.32. The first-order valence-corrected chi connectivity index (χ1v) is 6.40. The van der Waals surface area contributed by atoms with Crippen molar-refractivity contribution in [3.8, 4) is 11.5 Å². The van der Waals surface area contributed by atoms with E-state index in [9.17, 15) is 4.79 Å². The molecule has 0 spiro atoms. The molecule has 0 amide bonds. The van der Waals surface area contributed by atoms with Crippen molar-refractivity contribution < 1.29 is 19.0 Å². The van der Waals surface area contributed by atoms with E-state index in [1.807, 2.05) is 30.3 Å². The molecule has 0 unspecified atom stereocenters. The number of carbonyl (C=O) groups excluding carboxylic acids is 1. The minimum Gasteiger partial charge on any atom is -0.496 e. The van der Waals surface area contributed by atoms with Gasteiger partial charge in [0.2, 0.25) is 0 Å². The monoisotopic (exact) mass is 274 g/mol. The molecule has 20 heavy (non-hydrogen) atoms. The number of methoxy groups -OCH3 is 3. The Morgan fingerprint density at radius 2 is 1.75 bits per heavy atom. The quantitative estimate of drug-likeness (QED) is 0.786. The van der Waals surface area contributed by atoms with Crippen LogP contribution in [0.4, 0.5) is 0 Å². The molecule has 0 bridgehead atoms. The van der Waals surface area contributed by atoms with E-state index in [0.717, 1.165) is 27.8 Å². The summed E-state index contributed by atoms with van der Waals surface area (Å²) in [7, 11) is 4.66. The average molecular weight is 274 g/mol. The van der Waals surface area contributed by atoms with Crippen molar-refractivity contribution in [1.82, 2.24) is 0 Å². The predicted octanol–water partition coefficient (Wildman–Crippen LogP) is 2.96. The van der Waals surface area contributed by atoms with Gasteiger partial charge in [-0.25, -0.2) is 0 Å². The zero-order chi connectivity index (χ0) is 14.5. The van der Waals surface area contributed by atoms with Crippen LogP contribution in [0, 0.1) is 0 Å². The predicted molar refractivity (Wildman–Crippen MR) is 77.4 cm³/mol. The molecule has 0 aliphatic carbocycles. The van der Waals surface area contributed by atoms with Gasteiger partial charge >= 0.3 is 5.97 Å². The summed E-state index contributed by atoms with van der Waals surface area (Å²) < 4.78 is 15.6. The Morgan fingerprint density at radius 3 is 2.35 bits per heavy atom. The van der Waals surface area contributed by atoms with E-state index in [2.05, 4.69) is 4.74 Å². The van der Waals surface area contributed by atoms with Crippen LogP contribution in [0.15, 0.2) is 30.3 Å². The Balaban J connectivity index is 2.50. The summed E-state index contributed by atoms with van der Waals surface area (Å²) in [5.41, 5.74) is 0.938. The molecule has 4 nitrogen and oxygen atoms in total. The molecule has 0 atom stereocenters. The van der Waals surface area contributed by atoms with Gasteiger partial charge in [-0.1, -0.05) is 24.3 Å². The van der Waals surface area contributed by atoms with E-state index < -0.39 is 0 Å². The average Bonchev–Trinajstić information content (AvgIpc) is 2.51. The largest absolute Gasteiger partial charge is 0.496 e. The Morgan fingerprint density at radius 1 is 1.05 bits per heavy atom. The summed E-state index contributed by atoms with van der Waals surface area (Å²) in [4.78, 5) is 11.3. The van der Waals surface area contributed by atoms with E-state index in [4.69, 9.17) is 9.47 Å². The summed E-state index contributed by atoms with van der Waals surface area (Å²) >= 11 is 0. The van der Waals surface area contributed by atoms with Crippen LogP contribution in [-0.2, 0) is 16.0 Å². The first-order chi connectivity index (χ1) is 9.71. The van der Waals surface area contributed by atoms with Gasteiger partial charge in [-0.3, -0.25) is 4.79 Å². The maximum atomic E-state index is 11.3. The van der Waals surface area contributed by atoms with Gasteiger partial charge in [0.15, 0.2) is 0 Å². The topological polar surface area (TPSA) is 44.8 Å². The van der Waals surface area contributed by atoms with Crippen LogP contribution in [-0.4, -0.2) is 27.3 Å². The van der Waals surface area contributed by atoms with Crippen molar-refractivity contribution in [2.24, 2.45) is 0 Å². The third-order valence-electron chi connectivity index (χ3n) is 3.28. The van der Waals surface area contributed by atoms with Crippen LogP contribution < -0.4 is 9.47 Å². The van der Waals surface area contributed by atoms with Crippen LogP contribution in [0.3, 0.4) is 0 Å². The maximum absolute atomic E-state index is 11.3. The number of ether oxygens (including phenoxy) is 3. The van der Waals surface area contributed by atoms with Crippen molar-refractivity contribution in [3.05, 3.63) is 35.9 Å². The van der Waals surface area contributed by atoms with Gasteiger partial charge < -0.3 is 14.2 Å². The zero-order valence-electron chi connectivity index (χ0n) is 11.9. The van der Waals surface area contributed by atoms with Gasteiger partial charge in [0, 0.05) is 17.2 Å². The third-order valence-corrected chi connectivity index (χ3v) is 3.28. The Labute approximate surface area is 118 Å². The molecule has 2 rings (SSSR count). The van der Waals surface area contributed by atoms with Crippen molar-refractivity contribution in [2.75, 3.05) is 21.3 Å². The highest BCUT2D eigenvalue weighted by Crippen LogP contribution is 2.37. The molecular weight excluding hydrogens is 256 g/mol. The number of carbonyl (C=O) groups is 1. The number of aryl methyl sites for hydroxylation is 1. The van der Waals surface area contributed by atoms with Crippen LogP contribution in [0.25, 0.3) is 10.8 Å². The van der Waals surface area contributed by atoms with E-state index >= 15 is 0 Å². The molecule has 2 aromatic rings. The Hall–Kier alpha value is -2.23. The number of rotatable bonds is 5. The fourth-order valence-corrected chi connectivity index (χ4v) is 2.30. The first kappa shape index (κ1) is 14.2. The van der Waals surface area contributed by atoms with Crippen LogP contribution in [0.5, 0.6) is 11.5 Å². The van der Waals surface area contributed by atoms with Crippen molar-refractivity contribution in [1.29, 1.82) is 0 Å². The number of fused-ring (bicyclic) bond motifs is 1. The van der Waals surface area contributed by atoms with E-state index in [1.165, 1.54) is 7.11 Å². The summed E-state index contributed by atoms with van der Waals surface area (Å²) in [6, 6.07) is 9.80. The molecule has 0 N–H and O–H groups in total. The van der Waals surface area contributed by atoms with E-state index in [0.29, 0.717) is 12.8 Å². The van der Waals surface area contributed by atoms with Gasteiger partial charge in [0.1, 0.15) is 11.5 Å². The van der Waals surface area contributed by atoms with Gasteiger partial charge in [-0.2, -0.15) is 0 Å². The Bertz CT molecular complexity index is 619. The second-order valence-electron chi connectivity index (χ2n) is 4.39. The van der Waals surface area contributed by atoms with E-state index in [1.54, 1.807) is 14.2 Å². The minimum absolute atomic E-state index is 0.237. The molecule has 0 aliphatic heterocycles. The lowest BCUT2D eigenvalue weighted by atomic mass is 10.0. The maximum Gasteiger partial charge on any atom is 0.305 e. The molecule has 0 aromatic heterocycles. The Kier molecular flexibility index (Phi) is 4.45. The zero-order valence-corrected chi connectivity index (χ0v) is 11.9. The summed E-state index contributed by atoms with van der Waals surface area (Å²) in [5, 5.41) is 1.97. The first-order valence-electron chi connectivity index (χ1n) is 6.40. The van der Waals surface area contributed by atoms with Crippen LogP contribution in [0.1, 0.15) is 12.0 Å². The lowest BCUT2D eigenvalue weighted by molar-refractivity contribution is -0.140. The molecule has 0 saturated carbocycles. The van der Waals surface area contributed by atoms with Crippen molar-refractivity contribution in [3.63, 3.8) is 0 Å². The number of esters is 1. The van der Waals surface area contributed by atoms with Crippen LogP contribution >= 0.6 is 0 Å². The molecule has 2 aromatic carbocycles. The normalized spacial score (nSPS) is 10.3. The summed E-state index contributed by atoms with van der Waals surface area (Å²) in [6.07, 6.45) is 0.866. The molecule has 4 heteroatoms.